The van der Waals surface area contributed by atoms with E-state index in [1.165, 1.54) is 12.1 Å². The quantitative estimate of drug-likeness (QED) is 0.177. The topological polar surface area (TPSA) is 105 Å². The van der Waals surface area contributed by atoms with Gasteiger partial charge in [-0.05, 0) is 86.7 Å². The summed E-state index contributed by atoms with van der Waals surface area (Å²) in [5.41, 5.74) is 5.34. The number of hydrogen-bond donors (Lipinski definition) is 1. The molecule has 1 amide bonds. The van der Waals surface area contributed by atoms with Gasteiger partial charge in [-0.15, -0.1) is 0 Å². The molecule has 0 spiro atoms. The average Bonchev–Trinajstić information content (AvgIpc) is 3.60. The van der Waals surface area contributed by atoms with Gasteiger partial charge in [-0.25, -0.2) is 13.9 Å². The lowest BCUT2D eigenvalue weighted by Gasteiger charge is -2.17. The lowest BCUT2D eigenvalue weighted by molar-refractivity contribution is 0.0929. The van der Waals surface area contributed by atoms with E-state index in [1.54, 1.807) is 35.9 Å². The number of ketones is 1. The summed E-state index contributed by atoms with van der Waals surface area (Å²) in [6.07, 6.45) is 5.69. The molecule has 1 N–H and O–H groups in total. The Kier molecular flexibility index (Phi) is 8.98. The zero-order valence-electron chi connectivity index (χ0n) is 23.8. The molecule has 0 saturated carbocycles. The highest BCUT2D eigenvalue weighted by atomic mass is 35.5. The number of nitrogens with one attached hydrogen (secondary N) is 1. The van der Waals surface area contributed by atoms with Crippen LogP contribution in [0.15, 0.2) is 73.1 Å². The minimum absolute atomic E-state index is 0.0165. The maximum atomic E-state index is 14.4. The largest absolute Gasteiger partial charge is 0.344 e. The fourth-order valence-electron chi connectivity index (χ4n) is 5.24. The van der Waals surface area contributed by atoms with Crippen LogP contribution in [-0.2, 0) is 19.4 Å². The highest BCUT2D eigenvalue weighted by molar-refractivity contribution is 6.31. The Balaban J connectivity index is 1.22. The standard InChI is InChI=1S/C33H30ClFN6O2/c1-21-10-11-24(18-23(21)12-13-26-20-37-31-9-4-16-38-41(26)31)30(42)8-5-17-40-25(19-36)14-15-29(40)33(43)39-22(2)32-27(34)6-3-7-28(32)35/h3-4,6-7,9-11,14-16,18,20,22H,5,8,12-13,17H2,1-2H3,(H,39,43)/t22-/m0/s1. The van der Waals surface area contributed by atoms with E-state index in [0.717, 1.165) is 35.3 Å². The van der Waals surface area contributed by atoms with E-state index in [1.807, 2.05) is 48.0 Å². The molecule has 10 heteroatoms. The first-order valence-corrected chi connectivity index (χ1v) is 14.4. The van der Waals surface area contributed by atoms with Crippen molar-refractivity contribution in [2.45, 2.75) is 52.1 Å². The predicted octanol–water partition coefficient (Wildman–Crippen LogP) is 6.44. The molecule has 43 heavy (non-hydrogen) atoms. The number of aromatic nitrogens is 4. The van der Waals surface area contributed by atoms with E-state index in [-0.39, 0.29) is 28.5 Å². The van der Waals surface area contributed by atoms with Crippen molar-refractivity contribution in [3.8, 4) is 6.07 Å². The Morgan fingerprint density at radius 3 is 2.74 bits per heavy atom. The molecule has 8 nitrogen and oxygen atoms in total. The fourth-order valence-corrected chi connectivity index (χ4v) is 5.57. The number of halogens is 2. The van der Waals surface area contributed by atoms with Gasteiger partial charge >= 0.3 is 0 Å². The summed E-state index contributed by atoms with van der Waals surface area (Å²) in [6.45, 7) is 3.96. The molecule has 0 fully saturated rings. The van der Waals surface area contributed by atoms with Crippen molar-refractivity contribution in [1.29, 1.82) is 5.26 Å². The van der Waals surface area contributed by atoms with Crippen molar-refractivity contribution >= 4 is 28.9 Å². The summed E-state index contributed by atoms with van der Waals surface area (Å²) in [4.78, 5) is 30.7. The minimum atomic E-state index is -0.698. The third-order valence-electron chi connectivity index (χ3n) is 7.56. The molecule has 3 heterocycles. The van der Waals surface area contributed by atoms with Crippen LogP contribution in [0.25, 0.3) is 5.65 Å². The van der Waals surface area contributed by atoms with Crippen LogP contribution in [0.3, 0.4) is 0 Å². The number of carbonyl (C=O) groups excluding carboxylic acids is 2. The molecule has 5 aromatic rings. The summed E-state index contributed by atoms with van der Waals surface area (Å²) in [7, 11) is 0. The first-order valence-electron chi connectivity index (χ1n) is 14.0. The van der Waals surface area contributed by atoms with Gasteiger partial charge in [-0.3, -0.25) is 9.59 Å². The van der Waals surface area contributed by atoms with E-state index >= 15 is 0 Å². The van der Waals surface area contributed by atoms with Gasteiger partial charge in [0.05, 0.1) is 17.9 Å². The Morgan fingerprint density at radius 2 is 1.95 bits per heavy atom. The summed E-state index contributed by atoms with van der Waals surface area (Å²) < 4.78 is 17.8. The minimum Gasteiger partial charge on any atom is -0.344 e. The van der Waals surface area contributed by atoms with Gasteiger partial charge in [0.2, 0.25) is 0 Å². The molecule has 218 valence electrons. The van der Waals surface area contributed by atoms with Crippen LogP contribution in [0.4, 0.5) is 4.39 Å². The van der Waals surface area contributed by atoms with Crippen molar-refractivity contribution < 1.29 is 14.0 Å². The van der Waals surface area contributed by atoms with E-state index in [9.17, 15) is 19.2 Å². The number of Topliss-reactive ketones (excluding diaryl/α,β-unsaturated/α-hetero) is 1. The number of aryl methyl sites for hydroxylation is 3. The van der Waals surface area contributed by atoms with Gasteiger partial charge < -0.3 is 9.88 Å². The number of rotatable bonds is 11. The Morgan fingerprint density at radius 1 is 1.12 bits per heavy atom. The van der Waals surface area contributed by atoms with Crippen molar-refractivity contribution in [3.05, 3.63) is 123 Å². The van der Waals surface area contributed by atoms with Crippen molar-refractivity contribution in [3.63, 3.8) is 0 Å². The molecular weight excluding hydrogens is 567 g/mol. The summed E-state index contributed by atoms with van der Waals surface area (Å²) in [5, 5.41) is 17.0. The number of amides is 1. The maximum absolute atomic E-state index is 14.4. The van der Waals surface area contributed by atoms with Crippen LogP contribution in [0.5, 0.6) is 0 Å². The third kappa shape index (κ3) is 6.50. The van der Waals surface area contributed by atoms with E-state index in [4.69, 9.17) is 11.6 Å². The molecule has 0 bridgehead atoms. The summed E-state index contributed by atoms with van der Waals surface area (Å²) >= 11 is 6.16. The van der Waals surface area contributed by atoms with E-state index < -0.39 is 17.8 Å². The molecule has 3 aromatic heterocycles. The lowest BCUT2D eigenvalue weighted by Crippen LogP contribution is -2.29. The van der Waals surface area contributed by atoms with Crippen LogP contribution in [0.1, 0.15) is 74.7 Å². The molecule has 5 rings (SSSR count). The maximum Gasteiger partial charge on any atom is 0.268 e. The Bertz CT molecular complexity index is 1830. The fraction of sp³-hybridized carbons (Fsp3) is 0.242. The van der Waals surface area contributed by atoms with Crippen LogP contribution in [-0.4, -0.2) is 30.9 Å². The monoisotopic (exact) mass is 596 g/mol. The molecule has 2 aromatic carbocycles. The van der Waals surface area contributed by atoms with Gasteiger partial charge in [0.15, 0.2) is 11.4 Å². The number of imidazole rings is 1. The van der Waals surface area contributed by atoms with Crippen molar-refractivity contribution in [2.75, 3.05) is 0 Å². The van der Waals surface area contributed by atoms with E-state index in [0.29, 0.717) is 24.2 Å². The zero-order valence-corrected chi connectivity index (χ0v) is 24.6. The first-order chi connectivity index (χ1) is 20.8. The highest BCUT2D eigenvalue weighted by Crippen LogP contribution is 2.26. The van der Waals surface area contributed by atoms with E-state index in [2.05, 4.69) is 21.5 Å². The second kappa shape index (κ2) is 13.0. The molecule has 0 unspecified atom stereocenters. The molecule has 0 aliphatic carbocycles. The van der Waals surface area contributed by atoms with Crippen LogP contribution < -0.4 is 5.32 Å². The summed E-state index contributed by atoms with van der Waals surface area (Å²) in [5.74, 6) is -1.00. The van der Waals surface area contributed by atoms with Crippen molar-refractivity contribution in [2.24, 2.45) is 0 Å². The third-order valence-corrected chi connectivity index (χ3v) is 7.89. The number of nitrogens with zero attached hydrogens (tertiary/aromatic N) is 5. The average molecular weight is 597 g/mol. The number of fused-ring (bicyclic) bond motifs is 1. The van der Waals surface area contributed by atoms with Gasteiger partial charge in [-0.1, -0.05) is 29.8 Å². The molecule has 0 radical (unpaired) electrons. The molecule has 0 aliphatic rings. The van der Waals surface area contributed by atoms with Crippen LogP contribution in [0, 0.1) is 24.1 Å². The Labute approximate surface area is 253 Å². The smallest absolute Gasteiger partial charge is 0.268 e. The predicted molar refractivity (Wildman–Crippen MR) is 162 cm³/mol. The normalized spacial score (nSPS) is 11.8. The Hall–Kier alpha value is -4.81. The SMILES string of the molecule is Cc1ccc(C(=O)CCCn2c(C#N)ccc2C(=O)N[C@@H](C)c2c(F)cccc2Cl)cc1CCc1cnc2cccnn12. The lowest BCUT2D eigenvalue weighted by atomic mass is 9.97. The second-order valence-corrected chi connectivity index (χ2v) is 10.8. The highest BCUT2D eigenvalue weighted by Gasteiger charge is 2.21. The molecule has 1 atom stereocenters. The van der Waals surface area contributed by atoms with Gasteiger partial charge in [0, 0.05) is 35.3 Å². The molecule has 0 aliphatic heterocycles. The van der Waals surface area contributed by atoms with Gasteiger partial charge in [0.25, 0.3) is 5.91 Å². The molecular formula is C33H30ClFN6O2. The number of benzene rings is 2. The van der Waals surface area contributed by atoms with Gasteiger partial charge in [-0.2, -0.15) is 10.4 Å². The number of hydrogen-bond acceptors (Lipinski definition) is 5. The molecule has 0 saturated heterocycles. The summed E-state index contributed by atoms with van der Waals surface area (Å²) in [6, 6.07) is 18.4. The first kappa shape index (κ1) is 29.7. The number of nitriles is 1. The second-order valence-electron chi connectivity index (χ2n) is 10.4. The van der Waals surface area contributed by atoms with Crippen LogP contribution in [0.2, 0.25) is 5.02 Å². The van der Waals surface area contributed by atoms with Crippen LogP contribution >= 0.6 is 11.6 Å². The van der Waals surface area contributed by atoms with Crippen molar-refractivity contribution in [1.82, 2.24) is 24.5 Å². The van der Waals surface area contributed by atoms with Gasteiger partial charge in [0.1, 0.15) is 23.3 Å². The zero-order chi connectivity index (χ0) is 30.5. The number of carbonyl (C=O) groups is 2.